The monoisotopic (exact) mass is 229 g/mol. The number of rotatable bonds is 5. The highest BCUT2D eigenvalue weighted by atomic mass is 32.1. The molecule has 2 rings (SSSR count). The second-order valence-corrected chi connectivity index (χ2v) is 4.46. The molecule has 5 nitrogen and oxygen atoms in total. The molecule has 15 heavy (non-hydrogen) atoms. The number of nitrogens with one attached hydrogen (secondary N) is 1. The fourth-order valence-electron chi connectivity index (χ4n) is 1.46. The lowest BCUT2D eigenvalue weighted by atomic mass is 10.2. The normalized spacial score (nSPS) is 20.7. The zero-order valence-corrected chi connectivity index (χ0v) is 9.55. The Labute approximate surface area is 92.8 Å². The van der Waals surface area contributed by atoms with Crippen LogP contribution in [0.15, 0.2) is 0 Å². The van der Waals surface area contributed by atoms with E-state index < -0.39 is 0 Å². The lowest BCUT2D eigenvalue weighted by molar-refractivity contribution is 0.0676. The first kappa shape index (κ1) is 10.8. The Morgan fingerprint density at radius 1 is 1.60 bits per heavy atom. The highest BCUT2D eigenvalue weighted by Gasteiger charge is 2.16. The highest BCUT2D eigenvalue weighted by molar-refractivity contribution is 7.13. The van der Waals surface area contributed by atoms with Crippen molar-refractivity contribution in [2.45, 2.75) is 25.5 Å². The Hall–Kier alpha value is -0.720. The van der Waals surface area contributed by atoms with Gasteiger partial charge in [0.05, 0.1) is 6.10 Å². The van der Waals surface area contributed by atoms with E-state index in [-0.39, 0.29) is 6.10 Å². The summed E-state index contributed by atoms with van der Waals surface area (Å²) in [5.41, 5.74) is 0. The van der Waals surface area contributed by atoms with Crippen molar-refractivity contribution in [2.24, 2.45) is 0 Å². The summed E-state index contributed by atoms with van der Waals surface area (Å²) < 4.78 is 11.0. The van der Waals surface area contributed by atoms with Crippen LogP contribution in [0.4, 0.5) is 0 Å². The van der Waals surface area contributed by atoms with E-state index in [0.717, 1.165) is 31.0 Å². The Morgan fingerprint density at radius 3 is 3.27 bits per heavy atom. The van der Waals surface area contributed by atoms with Crippen LogP contribution in [-0.2, 0) is 11.3 Å². The summed E-state index contributed by atoms with van der Waals surface area (Å²) in [5, 5.41) is 12.5. The maximum Gasteiger partial charge on any atom is 0.294 e. The van der Waals surface area contributed by atoms with E-state index in [1.54, 1.807) is 0 Å². The minimum atomic E-state index is 0.238. The van der Waals surface area contributed by atoms with Crippen molar-refractivity contribution >= 4 is 11.3 Å². The number of hydrogen-bond acceptors (Lipinski definition) is 6. The molecule has 1 N–H and O–H groups in total. The molecule has 1 aliphatic heterocycles. The summed E-state index contributed by atoms with van der Waals surface area (Å²) in [5.74, 6) is 0. The van der Waals surface area contributed by atoms with E-state index in [1.807, 2.05) is 7.05 Å². The Morgan fingerprint density at radius 2 is 2.53 bits per heavy atom. The molecule has 84 valence electrons. The molecule has 0 aromatic carbocycles. The van der Waals surface area contributed by atoms with Crippen molar-refractivity contribution in [3.8, 4) is 5.19 Å². The Balaban J connectivity index is 1.77. The van der Waals surface area contributed by atoms with Crippen molar-refractivity contribution in [1.82, 2.24) is 15.5 Å². The zero-order valence-electron chi connectivity index (χ0n) is 8.73. The van der Waals surface area contributed by atoms with Gasteiger partial charge in [-0.15, -0.1) is 10.2 Å². The van der Waals surface area contributed by atoms with Crippen LogP contribution in [0.1, 0.15) is 17.8 Å². The van der Waals surface area contributed by atoms with Crippen LogP contribution >= 0.6 is 11.3 Å². The molecule has 0 aliphatic carbocycles. The van der Waals surface area contributed by atoms with Gasteiger partial charge in [-0.3, -0.25) is 0 Å². The molecular weight excluding hydrogens is 214 g/mol. The topological polar surface area (TPSA) is 56.3 Å². The third kappa shape index (κ3) is 3.12. The predicted molar refractivity (Wildman–Crippen MR) is 57.1 cm³/mol. The van der Waals surface area contributed by atoms with Gasteiger partial charge in [-0.1, -0.05) is 11.3 Å². The van der Waals surface area contributed by atoms with E-state index in [1.165, 1.54) is 11.3 Å². The first-order valence-electron chi connectivity index (χ1n) is 5.10. The van der Waals surface area contributed by atoms with Crippen LogP contribution in [0.2, 0.25) is 0 Å². The zero-order chi connectivity index (χ0) is 10.5. The lowest BCUT2D eigenvalue weighted by Crippen LogP contribution is -2.16. The minimum absolute atomic E-state index is 0.238. The van der Waals surface area contributed by atoms with Gasteiger partial charge in [0.2, 0.25) is 0 Å². The molecule has 0 radical (unpaired) electrons. The van der Waals surface area contributed by atoms with E-state index in [0.29, 0.717) is 11.8 Å². The van der Waals surface area contributed by atoms with Gasteiger partial charge in [-0.05, 0) is 19.9 Å². The maximum atomic E-state index is 5.51. The Kier molecular flexibility index (Phi) is 3.87. The lowest BCUT2D eigenvalue weighted by Gasteiger charge is -2.07. The molecule has 0 amide bonds. The molecule has 0 spiro atoms. The molecule has 1 fully saturated rings. The molecule has 1 atom stereocenters. The van der Waals surface area contributed by atoms with Crippen molar-refractivity contribution in [2.75, 3.05) is 20.3 Å². The van der Waals surface area contributed by atoms with Crippen LogP contribution in [0.25, 0.3) is 0 Å². The summed E-state index contributed by atoms with van der Waals surface area (Å²) in [6.45, 7) is 2.18. The van der Waals surface area contributed by atoms with Gasteiger partial charge in [0, 0.05) is 13.2 Å². The number of nitrogens with zero attached hydrogens (tertiary/aromatic N) is 2. The summed E-state index contributed by atoms with van der Waals surface area (Å²) in [6, 6.07) is 0. The van der Waals surface area contributed by atoms with E-state index in [2.05, 4.69) is 15.5 Å². The fraction of sp³-hybridized carbons (Fsp3) is 0.778. The third-order valence-corrected chi connectivity index (χ3v) is 3.03. The van der Waals surface area contributed by atoms with Gasteiger partial charge in [0.15, 0.2) is 0 Å². The van der Waals surface area contributed by atoms with Crippen molar-refractivity contribution in [1.29, 1.82) is 0 Å². The SMILES string of the molecule is CNCc1nnc(OCC2CCCO2)s1. The molecule has 0 saturated carbocycles. The van der Waals surface area contributed by atoms with E-state index in [4.69, 9.17) is 9.47 Å². The molecule has 1 aliphatic rings. The molecule has 1 unspecified atom stereocenters. The smallest absolute Gasteiger partial charge is 0.294 e. The maximum absolute atomic E-state index is 5.51. The second kappa shape index (κ2) is 5.39. The number of aromatic nitrogens is 2. The molecular formula is C9H15N3O2S. The second-order valence-electron chi connectivity index (χ2n) is 3.44. The van der Waals surface area contributed by atoms with Crippen molar-refractivity contribution in [3.05, 3.63) is 5.01 Å². The van der Waals surface area contributed by atoms with Crippen LogP contribution in [0.5, 0.6) is 5.19 Å². The van der Waals surface area contributed by atoms with Gasteiger partial charge < -0.3 is 14.8 Å². The molecule has 1 aromatic rings. The van der Waals surface area contributed by atoms with Gasteiger partial charge in [-0.25, -0.2) is 0 Å². The van der Waals surface area contributed by atoms with Crippen LogP contribution in [0, 0.1) is 0 Å². The first-order valence-corrected chi connectivity index (χ1v) is 5.91. The van der Waals surface area contributed by atoms with Gasteiger partial charge >= 0.3 is 0 Å². The molecule has 6 heteroatoms. The Bertz CT molecular complexity index is 299. The minimum Gasteiger partial charge on any atom is -0.466 e. The van der Waals surface area contributed by atoms with Crippen molar-refractivity contribution in [3.63, 3.8) is 0 Å². The van der Waals surface area contributed by atoms with Crippen molar-refractivity contribution < 1.29 is 9.47 Å². The summed E-state index contributed by atoms with van der Waals surface area (Å²) >= 11 is 1.48. The third-order valence-electron chi connectivity index (χ3n) is 2.19. The molecule has 1 saturated heterocycles. The van der Waals surface area contributed by atoms with E-state index >= 15 is 0 Å². The number of ether oxygens (including phenoxy) is 2. The molecule has 0 bridgehead atoms. The van der Waals surface area contributed by atoms with E-state index in [9.17, 15) is 0 Å². The molecule has 2 heterocycles. The average Bonchev–Trinajstić information content (AvgIpc) is 2.85. The van der Waals surface area contributed by atoms with Crippen LogP contribution in [-0.4, -0.2) is 36.6 Å². The summed E-state index contributed by atoms with van der Waals surface area (Å²) in [4.78, 5) is 0. The summed E-state index contributed by atoms with van der Waals surface area (Å²) in [7, 11) is 1.88. The van der Waals surface area contributed by atoms with Gasteiger partial charge in [-0.2, -0.15) is 0 Å². The van der Waals surface area contributed by atoms with Crippen LogP contribution in [0.3, 0.4) is 0 Å². The number of hydrogen-bond donors (Lipinski definition) is 1. The average molecular weight is 229 g/mol. The largest absolute Gasteiger partial charge is 0.466 e. The predicted octanol–water partition coefficient (Wildman–Crippen LogP) is 0.815. The highest BCUT2D eigenvalue weighted by Crippen LogP contribution is 2.19. The molecule has 1 aromatic heterocycles. The van der Waals surface area contributed by atoms with Crippen LogP contribution < -0.4 is 10.1 Å². The quantitative estimate of drug-likeness (QED) is 0.810. The van der Waals surface area contributed by atoms with Gasteiger partial charge in [0.1, 0.15) is 11.6 Å². The standard InChI is InChI=1S/C9H15N3O2S/c1-10-5-8-11-12-9(15-8)14-6-7-3-2-4-13-7/h7,10H,2-6H2,1H3. The fourth-order valence-corrected chi connectivity index (χ4v) is 2.17. The summed E-state index contributed by atoms with van der Waals surface area (Å²) in [6.07, 6.45) is 2.46. The van der Waals surface area contributed by atoms with Gasteiger partial charge in [0.25, 0.3) is 5.19 Å². The first-order chi connectivity index (χ1) is 7.38.